The zero-order valence-electron chi connectivity index (χ0n) is 7.92. The van der Waals surface area contributed by atoms with Crippen molar-refractivity contribution in [2.24, 2.45) is 4.99 Å². The maximum Gasteiger partial charge on any atom is 0.169 e. The van der Waals surface area contributed by atoms with Gasteiger partial charge in [0.1, 0.15) is 5.76 Å². The van der Waals surface area contributed by atoms with Crippen molar-refractivity contribution in [3.63, 3.8) is 0 Å². The highest BCUT2D eigenvalue weighted by Gasteiger charge is 2.05. The minimum Gasteiger partial charge on any atom is -0.452 e. The number of aliphatic imine (C=N–C) groups is 1. The number of furan rings is 1. The Kier molecular flexibility index (Phi) is 3.24. The van der Waals surface area contributed by atoms with E-state index in [0.717, 1.165) is 35.8 Å². The van der Waals surface area contributed by atoms with Crippen LogP contribution < -0.4 is 5.32 Å². The predicted octanol–water partition coefficient (Wildman–Crippen LogP) is 2.71. The number of nitrogens with one attached hydrogen (secondary N) is 1. The smallest absolute Gasteiger partial charge is 0.169 e. The highest BCUT2D eigenvalue weighted by molar-refractivity contribution is 9.10. The van der Waals surface area contributed by atoms with Crippen LogP contribution in [0.15, 0.2) is 26.2 Å². The van der Waals surface area contributed by atoms with Crippen molar-refractivity contribution in [3.8, 4) is 0 Å². The van der Waals surface area contributed by atoms with Crippen molar-refractivity contribution >= 4 is 21.8 Å². The molecule has 1 N–H and O–H groups in total. The molecule has 2 rings (SSSR count). The van der Waals surface area contributed by atoms with Crippen molar-refractivity contribution in [3.05, 3.63) is 22.6 Å². The summed E-state index contributed by atoms with van der Waals surface area (Å²) < 4.78 is 6.15. The second-order valence-electron chi connectivity index (χ2n) is 3.34. The number of hydrogen-bond acceptors (Lipinski definition) is 3. The zero-order valence-corrected chi connectivity index (χ0v) is 9.51. The summed E-state index contributed by atoms with van der Waals surface area (Å²) in [6.07, 6.45) is 3.53. The van der Waals surface area contributed by atoms with E-state index in [1.54, 1.807) is 0 Å². The SMILES string of the molecule is Brc1ccc(CNC2=NCCCC2)o1. The number of hydrogen-bond donors (Lipinski definition) is 1. The fourth-order valence-corrected chi connectivity index (χ4v) is 1.82. The maximum atomic E-state index is 5.37. The van der Waals surface area contributed by atoms with Gasteiger partial charge in [-0.15, -0.1) is 0 Å². The Labute approximate surface area is 91.7 Å². The van der Waals surface area contributed by atoms with Crippen LogP contribution in [-0.4, -0.2) is 12.4 Å². The van der Waals surface area contributed by atoms with E-state index in [0.29, 0.717) is 0 Å². The first kappa shape index (κ1) is 9.77. The van der Waals surface area contributed by atoms with Crippen LogP contribution in [0, 0.1) is 0 Å². The summed E-state index contributed by atoms with van der Waals surface area (Å²) in [6, 6.07) is 3.86. The highest BCUT2D eigenvalue weighted by atomic mass is 79.9. The molecule has 0 aliphatic carbocycles. The molecule has 0 fully saturated rings. The molecule has 1 aromatic rings. The van der Waals surface area contributed by atoms with Crippen LogP contribution in [0.2, 0.25) is 0 Å². The largest absolute Gasteiger partial charge is 0.452 e. The zero-order chi connectivity index (χ0) is 9.80. The lowest BCUT2D eigenvalue weighted by atomic mass is 10.2. The molecule has 0 atom stereocenters. The molecule has 1 aromatic heterocycles. The number of rotatable bonds is 2. The second-order valence-corrected chi connectivity index (χ2v) is 4.13. The summed E-state index contributed by atoms with van der Waals surface area (Å²) in [5.74, 6) is 2.05. The summed E-state index contributed by atoms with van der Waals surface area (Å²) in [6.45, 7) is 1.69. The van der Waals surface area contributed by atoms with Gasteiger partial charge in [0.15, 0.2) is 4.67 Å². The molecule has 3 nitrogen and oxygen atoms in total. The Bertz CT molecular complexity index is 333. The molecule has 2 heterocycles. The van der Waals surface area contributed by atoms with Gasteiger partial charge >= 0.3 is 0 Å². The summed E-state index contributed by atoms with van der Waals surface area (Å²) in [5.41, 5.74) is 0. The van der Waals surface area contributed by atoms with Crippen LogP contribution in [-0.2, 0) is 6.54 Å². The maximum absolute atomic E-state index is 5.37. The Balaban J connectivity index is 1.84. The van der Waals surface area contributed by atoms with Crippen LogP contribution in [0.1, 0.15) is 25.0 Å². The third kappa shape index (κ3) is 2.61. The monoisotopic (exact) mass is 256 g/mol. The van der Waals surface area contributed by atoms with Gasteiger partial charge in [-0.05, 0) is 40.9 Å². The lowest BCUT2D eigenvalue weighted by Crippen LogP contribution is -2.25. The Morgan fingerprint density at radius 1 is 1.43 bits per heavy atom. The molecular formula is C10H13BrN2O. The van der Waals surface area contributed by atoms with Gasteiger partial charge in [-0.2, -0.15) is 0 Å². The van der Waals surface area contributed by atoms with Gasteiger partial charge in [0.05, 0.1) is 12.4 Å². The quantitative estimate of drug-likeness (QED) is 0.884. The summed E-state index contributed by atoms with van der Waals surface area (Å²) in [5, 5.41) is 3.29. The molecule has 0 radical (unpaired) electrons. The van der Waals surface area contributed by atoms with Gasteiger partial charge in [0.2, 0.25) is 0 Å². The molecule has 0 amide bonds. The number of amidine groups is 1. The van der Waals surface area contributed by atoms with E-state index in [4.69, 9.17) is 4.42 Å². The molecule has 0 saturated heterocycles. The summed E-state index contributed by atoms with van der Waals surface area (Å²) >= 11 is 3.27. The third-order valence-corrected chi connectivity index (χ3v) is 2.65. The molecule has 4 heteroatoms. The Morgan fingerprint density at radius 3 is 3.00 bits per heavy atom. The fourth-order valence-electron chi connectivity index (χ4n) is 1.48. The standard InChI is InChI=1S/C10H13BrN2O/c11-9-5-4-8(14-9)7-13-10-3-1-2-6-12-10/h4-5H,1-3,6-7H2,(H,12,13). The minimum atomic E-state index is 0.727. The van der Waals surface area contributed by atoms with E-state index in [-0.39, 0.29) is 0 Å². The lowest BCUT2D eigenvalue weighted by Gasteiger charge is -2.12. The minimum absolute atomic E-state index is 0.727. The van der Waals surface area contributed by atoms with Crippen LogP contribution >= 0.6 is 15.9 Å². The van der Waals surface area contributed by atoms with Gasteiger partial charge in [0, 0.05) is 13.0 Å². The second kappa shape index (κ2) is 4.64. The molecule has 0 saturated carbocycles. The van der Waals surface area contributed by atoms with E-state index >= 15 is 0 Å². The molecule has 1 aliphatic heterocycles. The highest BCUT2D eigenvalue weighted by Crippen LogP contribution is 2.14. The number of nitrogens with zero attached hydrogens (tertiary/aromatic N) is 1. The molecule has 1 aliphatic rings. The first-order valence-electron chi connectivity index (χ1n) is 4.86. The van der Waals surface area contributed by atoms with E-state index in [1.165, 1.54) is 12.8 Å². The van der Waals surface area contributed by atoms with Crippen LogP contribution in [0.25, 0.3) is 0 Å². The van der Waals surface area contributed by atoms with Crippen LogP contribution in [0.3, 0.4) is 0 Å². The lowest BCUT2D eigenvalue weighted by molar-refractivity contribution is 0.481. The van der Waals surface area contributed by atoms with Gasteiger partial charge in [-0.1, -0.05) is 0 Å². The van der Waals surface area contributed by atoms with Crippen molar-refractivity contribution in [2.75, 3.05) is 6.54 Å². The van der Waals surface area contributed by atoms with Gasteiger partial charge in [-0.3, -0.25) is 4.99 Å². The molecule has 0 bridgehead atoms. The topological polar surface area (TPSA) is 37.5 Å². The van der Waals surface area contributed by atoms with Crippen molar-refractivity contribution in [2.45, 2.75) is 25.8 Å². The van der Waals surface area contributed by atoms with E-state index < -0.39 is 0 Å². The van der Waals surface area contributed by atoms with Crippen molar-refractivity contribution in [1.82, 2.24) is 5.32 Å². The summed E-state index contributed by atoms with van der Waals surface area (Å²) in [7, 11) is 0. The molecule has 0 unspecified atom stereocenters. The van der Waals surface area contributed by atoms with E-state index in [9.17, 15) is 0 Å². The number of halogens is 1. The first-order valence-corrected chi connectivity index (χ1v) is 5.65. The first-order chi connectivity index (χ1) is 6.84. The van der Waals surface area contributed by atoms with Crippen LogP contribution in [0.5, 0.6) is 0 Å². The van der Waals surface area contributed by atoms with Crippen LogP contribution in [0.4, 0.5) is 0 Å². The Morgan fingerprint density at radius 2 is 2.36 bits per heavy atom. The molecule has 76 valence electrons. The summed E-state index contributed by atoms with van der Waals surface area (Å²) in [4.78, 5) is 4.40. The fraction of sp³-hybridized carbons (Fsp3) is 0.500. The molecule has 14 heavy (non-hydrogen) atoms. The van der Waals surface area contributed by atoms with E-state index in [2.05, 4.69) is 26.2 Å². The Hall–Kier alpha value is -0.770. The molecular weight excluding hydrogens is 244 g/mol. The average Bonchev–Trinajstić information content (AvgIpc) is 2.63. The van der Waals surface area contributed by atoms with Gasteiger partial charge in [0.25, 0.3) is 0 Å². The van der Waals surface area contributed by atoms with E-state index in [1.807, 2.05) is 12.1 Å². The third-order valence-electron chi connectivity index (χ3n) is 2.22. The molecule has 0 spiro atoms. The van der Waals surface area contributed by atoms with Crippen molar-refractivity contribution < 1.29 is 4.42 Å². The molecule has 0 aromatic carbocycles. The van der Waals surface area contributed by atoms with Gasteiger partial charge in [-0.25, -0.2) is 0 Å². The average molecular weight is 257 g/mol. The predicted molar refractivity (Wildman–Crippen MR) is 59.4 cm³/mol. The van der Waals surface area contributed by atoms with Crippen molar-refractivity contribution in [1.29, 1.82) is 0 Å². The van der Waals surface area contributed by atoms with Gasteiger partial charge < -0.3 is 9.73 Å². The normalized spacial score (nSPS) is 16.5.